The average Bonchev–Trinajstić information content (AvgIpc) is 2.76. The number of hydrogen-bond donors (Lipinski definition) is 2. The molecule has 0 saturated carbocycles. The SMILES string of the molecule is CCNC(=NCc1ccccc1OC)NCc1ccccc1CN1CC(C)OC(C)C1. The summed E-state index contributed by atoms with van der Waals surface area (Å²) in [6.07, 6.45) is 0.549. The Morgan fingerprint density at radius 1 is 1.00 bits per heavy atom. The summed E-state index contributed by atoms with van der Waals surface area (Å²) in [7, 11) is 1.69. The van der Waals surface area contributed by atoms with Gasteiger partial charge < -0.3 is 20.1 Å². The van der Waals surface area contributed by atoms with Crippen molar-refractivity contribution in [1.29, 1.82) is 0 Å². The molecular formula is C25H36N4O2. The summed E-state index contributed by atoms with van der Waals surface area (Å²) in [5, 5.41) is 6.84. The van der Waals surface area contributed by atoms with Crippen molar-refractivity contribution in [3.8, 4) is 5.75 Å². The van der Waals surface area contributed by atoms with E-state index in [1.807, 2.05) is 24.3 Å². The third kappa shape index (κ3) is 6.97. The molecule has 168 valence electrons. The van der Waals surface area contributed by atoms with E-state index in [-0.39, 0.29) is 12.2 Å². The van der Waals surface area contributed by atoms with E-state index < -0.39 is 0 Å². The minimum Gasteiger partial charge on any atom is -0.496 e. The van der Waals surface area contributed by atoms with Gasteiger partial charge in [-0.25, -0.2) is 4.99 Å². The Morgan fingerprint density at radius 2 is 1.65 bits per heavy atom. The molecule has 1 aliphatic heterocycles. The molecule has 1 aliphatic rings. The molecule has 1 saturated heterocycles. The third-order valence-electron chi connectivity index (χ3n) is 5.40. The molecule has 0 amide bonds. The number of para-hydroxylation sites is 1. The van der Waals surface area contributed by atoms with Crippen LogP contribution in [-0.4, -0.2) is 49.8 Å². The van der Waals surface area contributed by atoms with E-state index in [2.05, 4.69) is 60.6 Å². The lowest BCUT2D eigenvalue weighted by Gasteiger charge is -2.35. The van der Waals surface area contributed by atoms with Crippen molar-refractivity contribution in [3.63, 3.8) is 0 Å². The zero-order valence-electron chi connectivity index (χ0n) is 19.2. The molecule has 0 spiro atoms. The highest BCUT2D eigenvalue weighted by atomic mass is 16.5. The fourth-order valence-electron chi connectivity index (χ4n) is 4.06. The fraction of sp³-hybridized carbons (Fsp3) is 0.480. The van der Waals surface area contributed by atoms with Crippen molar-refractivity contribution in [1.82, 2.24) is 15.5 Å². The van der Waals surface area contributed by atoms with Crippen molar-refractivity contribution in [2.75, 3.05) is 26.7 Å². The summed E-state index contributed by atoms with van der Waals surface area (Å²) in [5.74, 6) is 1.67. The maximum atomic E-state index is 5.88. The zero-order chi connectivity index (χ0) is 22.1. The number of ether oxygens (including phenoxy) is 2. The molecule has 1 fully saturated rings. The normalized spacial score (nSPS) is 19.8. The topological polar surface area (TPSA) is 58.1 Å². The second kappa shape index (κ2) is 11.7. The highest BCUT2D eigenvalue weighted by molar-refractivity contribution is 5.79. The van der Waals surface area contributed by atoms with Gasteiger partial charge in [0.15, 0.2) is 5.96 Å². The molecule has 2 unspecified atom stereocenters. The lowest BCUT2D eigenvalue weighted by molar-refractivity contribution is -0.0705. The Labute approximate surface area is 186 Å². The van der Waals surface area contributed by atoms with Crippen LogP contribution in [0.15, 0.2) is 53.5 Å². The van der Waals surface area contributed by atoms with Gasteiger partial charge in [0, 0.05) is 38.3 Å². The standard InChI is InChI=1S/C25H36N4O2/c1-5-26-25(28-15-22-11-8-9-13-24(22)30-4)27-14-21-10-6-7-12-23(21)18-29-16-19(2)31-20(3)17-29/h6-13,19-20H,5,14-18H2,1-4H3,(H2,26,27,28). The van der Waals surface area contributed by atoms with Gasteiger partial charge in [-0.05, 0) is 38.0 Å². The zero-order valence-corrected chi connectivity index (χ0v) is 19.2. The van der Waals surface area contributed by atoms with Crippen LogP contribution < -0.4 is 15.4 Å². The van der Waals surface area contributed by atoms with Crippen LogP contribution >= 0.6 is 0 Å². The van der Waals surface area contributed by atoms with Gasteiger partial charge in [0.1, 0.15) is 5.75 Å². The van der Waals surface area contributed by atoms with E-state index in [0.717, 1.165) is 50.0 Å². The first-order valence-corrected chi connectivity index (χ1v) is 11.2. The molecule has 2 aromatic rings. The number of methoxy groups -OCH3 is 1. The van der Waals surface area contributed by atoms with E-state index in [4.69, 9.17) is 14.5 Å². The Morgan fingerprint density at radius 3 is 2.32 bits per heavy atom. The molecular weight excluding hydrogens is 388 g/mol. The van der Waals surface area contributed by atoms with Crippen molar-refractivity contribution in [3.05, 3.63) is 65.2 Å². The van der Waals surface area contributed by atoms with E-state index in [0.29, 0.717) is 6.54 Å². The molecule has 2 atom stereocenters. The fourth-order valence-corrected chi connectivity index (χ4v) is 4.06. The van der Waals surface area contributed by atoms with Gasteiger partial charge in [0.05, 0.1) is 25.9 Å². The molecule has 6 heteroatoms. The lowest BCUT2D eigenvalue weighted by Crippen LogP contribution is -2.45. The van der Waals surface area contributed by atoms with Gasteiger partial charge in [-0.3, -0.25) is 4.90 Å². The Balaban J connectivity index is 1.65. The Kier molecular flexibility index (Phi) is 8.74. The number of guanidine groups is 1. The largest absolute Gasteiger partial charge is 0.496 e. The predicted octanol–water partition coefficient (Wildman–Crippen LogP) is 3.56. The minimum atomic E-state index is 0.275. The maximum Gasteiger partial charge on any atom is 0.191 e. The van der Waals surface area contributed by atoms with Crippen molar-refractivity contribution < 1.29 is 9.47 Å². The van der Waals surface area contributed by atoms with Crippen LogP contribution in [0.1, 0.15) is 37.5 Å². The molecule has 0 radical (unpaired) electrons. The van der Waals surface area contributed by atoms with Crippen LogP contribution in [0.5, 0.6) is 5.75 Å². The van der Waals surface area contributed by atoms with Crippen LogP contribution in [-0.2, 0) is 24.4 Å². The molecule has 2 aromatic carbocycles. The number of hydrogen-bond acceptors (Lipinski definition) is 4. The van der Waals surface area contributed by atoms with Gasteiger partial charge in [-0.2, -0.15) is 0 Å². The van der Waals surface area contributed by atoms with Gasteiger partial charge in [0.2, 0.25) is 0 Å². The number of benzene rings is 2. The maximum absolute atomic E-state index is 5.88. The van der Waals surface area contributed by atoms with E-state index in [1.54, 1.807) is 7.11 Å². The van der Waals surface area contributed by atoms with E-state index >= 15 is 0 Å². The molecule has 31 heavy (non-hydrogen) atoms. The number of rotatable bonds is 8. The molecule has 0 aromatic heterocycles. The highest BCUT2D eigenvalue weighted by Crippen LogP contribution is 2.19. The Hall–Kier alpha value is -2.57. The van der Waals surface area contributed by atoms with E-state index in [9.17, 15) is 0 Å². The number of aliphatic imine (C=N–C) groups is 1. The summed E-state index contributed by atoms with van der Waals surface area (Å²) < 4.78 is 11.3. The second-order valence-corrected chi connectivity index (χ2v) is 8.08. The van der Waals surface area contributed by atoms with Crippen LogP contribution in [0.4, 0.5) is 0 Å². The molecule has 3 rings (SSSR count). The first-order chi connectivity index (χ1) is 15.1. The molecule has 0 aliphatic carbocycles. The van der Waals surface area contributed by atoms with Crippen molar-refractivity contribution in [2.45, 2.75) is 52.6 Å². The number of nitrogens with one attached hydrogen (secondary N) is 2. The van der Waals surface area contributed by atoms with Crippen molar-refractivity contribution in [2.24, 2.45) is 4.99 Å². The van der Waals surface area contributed by atoms with Gasteiger partial charge in [-0.15, -0.1) is 0 Å². The lowest BCUT2D eigenvalue weighted by atomic mass is 10.1. The number of nitrogens with zero attached hydrogens (tertiary/aromatic N) is 2. The van der Waals surface area contributed by atoms with Crippen LogP contribution in [0.2, 0.25) is 0 Å². The summed E-state index contributed by atoms with van der Waals surface area (Å²) in [5.41, 5.74) is 3.70. The molecule has 0 bridgehead atoms. The molecule has 2 N–H and O–H groups in total. The highest BCUT2D eigenvalue weighted by Gasteiger charge is 2.22. The summed E-state index contributed by atoms with van der Waals surface area (Å²) in [4.78, 5) is 7.24. The smallest absolute Gasteiger partial charge is 0.191 e. The molecule has 1 heterocycles. The van der Waals surface area contributed by atoms with Crippen LogP contribution in [0.3, 0.4) is 0 Å². The first kappa shape index (κ1) is 23.1. The predicted molar refractivity (Wildman–Crippen MR) is 126 cm³/mol. The summed E-state index contributed by atoms with van der Waals surface area (Å²) >= 11 is 0. The van der Waals surface area contributed by atoms with Gasteiger partial charge >= 0.3 is 0 Å². The molecule has 6 nitrogen and oxygen atoms in total. The number of morpholine rings is 1. The monoisotopic (exact) mass is 424 g/mol. The third-order valence-corrected chi connectivity index (χ3v) is 5.40. The second-order valence-electron chi connectivity index (χ2n) is 8.08. The van der Waals surface area contributed by atoms with Gasteiger partial charge in [0.25, 0.3) is 0 Å². The van der Waals surface area contributed by atoms with E-state index in [1.165, 1.54) is 11.1 Å². The minimum absolute atomic E-state index is 0.275. The Bertz CT molecular complexity index is 845. The average molecular weight is 425 g/mol. The van der Waals surface area contributed by atoms with Crippen LogP contribution in [0, 0.1) is 0 Å². The summed E-state index contributed by atoms with van der Waals surface area (Å²) in [6.45, 7) is 11.3. The van der Waals surface area contributed by atoms with Gasteiger partial charge in [-0.1, -0.05) is 42.5 Å². The van der Waals surface area contributed by atoms with Crippen molar-refractivity contribution >= 4 is 5.96 Å². The summed E-state index contributed by atoms with van der Waals surface area (Å²) in [6, 6.07) is 16.6. The van der Waals surface area contributed by atoms with Crippen LogP contribution in [0.25, 0.3) is 0 Å². The first-order valence-electron chi connectivity index (χ1n) is 11.2. The quantitative estimate of drug-likeness (QED) is 0.501.